The minimum Gasteiger partial charge on any atom is -0.550 e. The first-order valence-corrected chi connectivity index (χ1v) is 10.5. The van der Waals surface area contributed by atoms with Crippen molar-refractivity contribution in [3.8, 4) is 0 Å². The molecule has 0 atom stereocenters. The molecule has 0 saturated heterocycles. The SMILES string of the molecule is Cn1c2ccccc2c2cc(/C=C(\NC(=O)c3ccccc3)C(=O)NCCC(=O)[O-])ccc21. The second kappa shape index (κ2) is 9.40. The van der Waals surface area contributed by atoms with E-state index in [1.807, 2.05) is 49.5 Å². The molecule has 33 heavy (non-hydrogen) atoms. The fourth-order valence-corrected chi connectivity index (χ4v) is 3.76. The van der Waals surface area contributed by atoms with Gasteiger partial charge in [-0.1, -0.05) is 42.5 Å². The van der Waals surface area contributed by atoms with E-state index < -0.39 is 17.8 Å². The highest BCUT2D eigenvalue weighted by Crippen LogP contribution is 2.29. The lowest BCUT2D eigenvalue weighted by atomic mass is 10.1. The Kier molecular flexibility index (Phi) is 6.22. The molecule has 7 nitrogen and oxygen atoms in total. The average molecular weight is 440 g/mol. The van der Waals surface area contributed by atoms with Crippen LogP contribution in [0.2, 0.25) is 0 Å². The van der Waals surface area contributed by atoms with Crippen molar-refractivity contribution in [3.05, 3.63) is 89.6 Å². The normalized spacial score (nSPS) is 11.5. The van der Waals surface area contributed by atoms with Gasteiger partial charge in [0.05, 0.1) is 0 Å². The molecule has 1 heterocycles. The van der Waals surface area contributed by atoms with Crippen molar-refractivity contribution >= 4 is 45.7 Å². The first kappa shape index (κ1) is 21.8. The van der Waals surface area contributed by atoms with Crippen LogP contribution < -0.4 is 15.7 Å². The maximum Gasteiger partial charge on any atom is 0.267 e. The summed E-state index contributed by atoms with van der Waals surface area (Å²) in [5, 5.41) is 18.0. The molecule has 0 spiro atoms. The maximum absolute atomic E-state index is 12.8. The Labute approximate surface area is 190 Å². The maximum atomic E-state index is 12.8. The molecule has 0 bridgehead atoms. The van der Waals surface area contributed by atoms with Gasteiger partial charge in [-0.05, 0) is 42.0 Å². The molecule has 0 saturated carbocycles. The van der Waals surface area contributed by atoms with Crippen molar-refractivity contribution in [2.45, 2.75) is 6.42 Å². The number of carbonyl (C=O) groups excluding carboxylic acids is 3. The summed E-state index contributed by atoms with van der Waals surface area (Å²) in [6.07, 6.45) is 1.25. The highest BCUT2D eigenvalue weighted by Gasteiger charge is 2.15. The van der Waals surface area contributed by atoms with E-state index in [1.54, 1.807) is 36.4 Å². The number of carboxylic acids is 1. The fourth-order valence-electron chi connectivity index (χ4n) is 3.76. The van der Waals surface area contributed by atoms with E-state index in [0.717, 1.165) is 27.4 Å². The van der Waals surface area contributed by atoms with Crippen LogP contribution in [0.15, 0.2) is 78.5 Å². The largest absolute Gasteiger partial charge is 0.550 e. The van der Waals surface area contributed by atoms with Crippen molar-refractivity contribution in [1.82, 2.24) is 15.2 Å². The number of hydrogen-bond acceptors (Lipinski definition) is 4. The van der Waals surface area contributed by atoms with Gasteiger partial charge < -0.3 is 25.1 Å². The fraction of sp³-hybridized carbons (Fsp3) is 0.115. The molecule has 0 radical (unpaired) electrons. The highest BCUT2D eigenvalue weighted by atomic mass is 16.4. The standard InChI is InChI=1S/C26H23N3O4/c1-29-22-10-6-5-9-19(22)20-15-17(11-12-23(20)29)16-21(26(33)27-14-13-24(30)31)28-25(32)18-7-3-2-4-8-18/h2-12,15-16H,13-14H2,1H3,(H,27,33)(H,28,32)(H,30,31)/p-1/b21-16-. The van der Waals surface area contributed by atoms with Gasteiger partial charge in [-0.3, -0.25) is 9.59 Å². The Hall–Kier alpha value is -4.39. The summed E-state index contributed by atoms with van der Waals surface area (Å²) < 4.78 is 2.10. The van der Waals surface area contributed by atoms with Crippen LogP contribution in [0.3, 0.4) is 0 Å². The number of carboxylic acid groups (broad SMARTS) is 1. The number of nitrogens with one attached hydrogen (secondary N) is 2. The zero-order chi connectivity index (χ0) is 23.4. The molecule has 0 aliphatic rings. The van der Waals surface area contributed by atoms with Gasteiger partial charge in [0.1, 0.15) is 5.70 Å². The van der Waals surface area contributed by atoms with Gasteiger partial charge >= 0.3 is 0 Å². The lowest BCUT2D eigenvalue weighted by molar-refractivity contribution is -0.305. The Balaban J connectivity index is 1.70. The number of aromatic nitrogens is 1. The molecule has 2 N–H and O–H groups in total. The minimum absolute atomic E-state index is 0.0155. The number of benzene rings is 3. The highest BCUT2D eigenvalue weighted by molar-refractivity contribution is 6.09. The number of amides is 2. The van der Waals surface area contributed by atoms with Crippen LogP contribution in [-0.2, 0) is 16.6 Å². The zero-order valence-electron chi connectivity index (χ0n) is 18.0. The lowest BCUT2D eigenvalue weighted by Crippen LogP contribution is -2.37. The Morgan fingerprint density at radius 2 is 1.61 bits per heavy atom. The summed E-state index contributed by atoms with van der Waals surface area (Å²) in [5.41, 5.74) is 3.27. The van der Waals surface area contributed by atoms with E-state index in [-0.39, 0.29) is 18.7 Å². The summed E-state index contributed by atoms with van der Waals surface area (Å²) in [6.45, 7) is -0.109. The van der Waals surface area contributed by atoms with E-state index in [9.17, 15) is 19.5 Å². The van der Waals surface area contributed by atoms with Gasteiger partial charge in [-0.2, -0.15) is 0 Å². The van der Waals surface area contributed by atoms with Crippen molar-refractivity contribution in [1.29, 1.82) is 0 Å². The Bertz CT molecular complexity index is 1390. The number of hydrogen-bond donors (Lipinski definition) is 2. The van der Waals surface area contributed by atoms with Crippen LogP contribution in [0, 0.1) is 0 Å². The van der Waals surface area contributed by atoms with Crippen LogP contribution >= 0.6 is 0 Å². The number of aryl methyl sites for hydroxylation is 1. The van der Waals surface area contributed by atoms with Crippen molar-refractivity contribution in [2.24, 2.45) is 7.05 Å². The second-order valence-electron chi connectivity index (χ2n) is 7.61. The number of nitrogens with zero attached hydrogens (tertiary/aromatic N) is 1. The summed E-state index contributed by atoms with van der Waals surface area (Å²) in [4.78, 5) is 36.1. The van der Waals surface area contributed by atoms with Crippen LogP contribution in [0.25, 0.3) is 27.9 Å². The lowest BCUT2D eigenvalue weighted by Gasteiger charge is -2.12. The van der Waals surface area contributed by atoms with Gasteiger partial charge in [0.2, 0.25) is 0 Å². The number of fused-ring (bicyclic) bond motifs is 3. The molecule has 4 rings (SSSR count). The molecule has 0 aliphatic carbocycles. The molecule has 4 aromatic rings. The predicted octanol–water partition coefficient (Wildman–Crippen LogP) is 2.36. The molecule has 0 unspecified atom stereocenters. The molecular formula is C26H22N3O4-. The van der Waals surface area contributed by atoms with Crippen LogP contribution in [0.1, 0.15) is 22.3 Å². The van der Waals surface area contributed by atoms with Crippen LogP contribution in [0.5, 0.6) is 0 Å². The Morgan fingerprint density at radius 3 is 2.36 bits per heavy atom. The average Bonchev–Trinajstić information content (AvgIpc) is 3.10. The molecule has 7 heteroatoms. The van der Waals surface area contributed by atoms with Crippen LogP contribution in [0.4, 0.5) is 0 Å². The number of carbonyl (C=O) groups is 3. The molecule has 166 valence electrons. The summed E-state index contributed by atoms with van der Waals surface area (Å²) >= 11 is 0. The zero-order valence-corrected chi connectivity index (χ0v) is 18.0. The number of para-hydroxylation sites is 1. The van der Waals surface area contributed by atoms with Gasteiger partial charge in [0.15, 0.2) is 0 Å². The molecular weight excluding hydrogens is 418 g/mol. The molecule has 0 aliphatic heterocycles. The van der Waals surface area contributed by atoms with E-state index >= 15 is 0 Å². The molecule has 2 amide bonds. The summed E-state index contributed by atoms with van der Waals surface area (Å²) in [5.74, 6) is -2.29. The van der Waals surface area contributed by atoms with Gasteiger partial charge in [-0.25, -0.2) is 0 Å². The summed E-state index contributed by atoms with van der Waals surface area (Å²) in [7, 11) is 2.00. The number of rotatable bonds is 7. The third-order valence-electron chi connectivity index (χ3n) is 5.39. The summed E-state index contributed by atoms with van der Waals surface area (Å²) in [6, 6.07) is 22.4. The van der Waals surface area contributed by atoms with Crippen LogP contribution in [-0.4, -0.2) is 28.9 Å². The van der Waals surface area contributed by atoms with Gasteiger partial charge in [0.25, 0.3) is 11.8 Å². The number of aliphatic carboxylic acids is 1. The topological polar surface area (TPSA) is 103 Å². The van der Waals surface area contributed by atoms with E-state index in [0.29, 0.717) is 5.56 Å². The van der Waals surface area contributed by atoms with Gasteiger partial charge in [0, 0.05) is 53.4 Å². The molecule has 1 aromatic heterocycles. The molecule has 0 fully saturated rings. The van der Waals surface area contributed by atoms with Crippen molar-refractivity contribution in [3.63, 3.8) is 0 Å². The molecule has 3 aromatic carbocycles. The van der Waals surface area contributed by atoms with Crippen molar-refractivity contribution in [2.75, 3.05) is 6.54 Å². The van der Waals surface area contributed by atoms with E-state index in [2.05, 4.69) is 15.2 Å². The predicted molar refractivity (Wildman–Crippen MR) is 125 cm³/mol. The monoisotopic (exact) mass is 440 g/mol. The van der Waals surface area contributed by atoms with Crippen molar-refractivity contribution < 1.29 is 19.5 Å². The van der Waals surface area contributed by atoms with Gasteiger partial charge in [-0.15, -0.1) is 0 Å². The third-order valence-corrected chi connectivity index (χ3v) is 5.39. The Morgan fingerprint density at radius 1 is 0.909 bits per heavy atom. The van der Waals surface area contributed by atoms with E-state index in [1.165, 1.54) is 0 Å². The quantitative estimate of drug-likeness (QED) is 0.431. The third kappa shape index (κ3) is 4.77. The minimum atomic E-state index is -1.27. The second-order valence-corrected chi connectivity index (χ2v) is 7.61. The smallest absolute Gasteiger partial charge is 0.267 e. The first-order valence-electron chi connectivity index (χ1n) is 10.5. The first-order chi connectivity index (χ1) is 15.9. The van der Waals surface area contributed by atoms with E-state index in [4.69, 9.17) is 0 Å².